The van der Waals surface area contributed by atoms with Crippen molar-refractivity contribution in [2.45, 2.75) is 25.4 Å². The second kappa shape index (κ2) is 8.65. The van der Waals surface area contributed by atoms with E-state index in [0.717, 1.165) is 39.0 Å². The van der Waals surface area contributed by atoms with Crippen molar-refractivity contribution in [2.24, 2.45) is 0 Å². The molecule has 1 saturated heterocycles. The van der Waals surface area contributed by atoms with E-state index in [-0.39, 0.29) is 12.0 Å². The number of rotatable bonds is 8. The van der Waals surface area contributed by atoms with Crippen LogP contribution < -0.4 is 10.6 Å². The van der Waals surface area contributed by atoms with Gasteiger partial charge < -0.3 is 20.3 Å². The van der Waals surface area contributed by atoms with Gasteiger partial charge in [0.15, 0.2) is 0 Å². The summed E-state index contributed by atoms with van der Waals surface area (Å²) < 4.78 is 5.53. The highest BCUT2D eigenvalue weighted by Gasteiger charge is 2.15. The van der Waals surface area contributed by atoms with Crippen LogP contribution in [0.3, 0.4) is 0 Å². The van der Waals surface area contributed by atoms with Gasteiger partial charge >= 0.3 is 0 Å². The van der Waals surface area contributed by atoms with Crippen molar-refractivity contribution in [3.63, 3.8) is 0 Å². The van der Waals surface area contributed by atoms with E-state index < -0.39 is 0 Å². The van der Waals surface area contributed by atoms with Crippen molar-refractivity contribution in [1.82, 2.24) is 20.2 Å². The first-order chi connectivity index (χ1) is 10.6. The van der Waals surface area contributed by atoms with Crippen LogP contribution >= 0.6 is 0 Å². The average Bonchev–Trinajstić information content (AvgIpc) is 3.03. The number of anilines is 1. The number of ether oxygens (including phenoxy) is 1. The van der Waals surface area contributed by atoms with Gasteiger partial charge in [0.1, 0.15) is 11.5 Å². The maximum atomic E-state index is 11.9. The quantitative estimate of drug-likeness (QED) is 0.690. The van der Waals surface area contributed by atoms with Gasteiger partial charge in [-0.3, -0.25) is 4.79 Å². The Kier molecular flexibility index (Phi) is 6.54. The highest BCUT2D eigenvalue weighted by molar-refractivity contribution is 5.91. The lowest BCUT2D eigenvalue weighted by atomic mass is 10.2. The first-order valence-corrected chi connectivity index (χ1v) is 7.75. The van der Waals surface area contributed by atoms with E-state index in [9.17, 15) is 4.79 Å². The van der Waals surface area contributed by atoms with Crippen LogP contribution in [0.25, 0.3) is 0 Å². The molecule has 1 aromatic heterocycles. The first kappa shape index (κ1) is 16.6. The van der Waals surface area contributed by atoms with Crippen molar-refractivity contribution < 1.29 is 9.53 Å². The number of nitrogens with one attached hydrogen (secondary N) is 2. The Bertz CT molecular complexity index is 458. The third kappa shape index (κ3) is 5.57. The molecule has 7 nitrogen and oxygen atoms in total. The molecule has 22 heavy (non-hydrogen) atoms. The van der Waals surface area contributed by atoms with Crippen LogP contribution in [-0.2, 0) is 4.74 Å². The van der Waals surface area contributed by atoms with Crippen molar-refractivity contribution in [3.8, 4) is 0 Å². The summed E-state index contributed by atoms with van der Waals surface area (Å²) in [6.07, 6.45) is 6.44. The molecule has 1 aliphatic rings. The van der Waals surface area contributed by atoms with Crippen LogP contribution in [0, 0.1) is 0 Å². The summed E-state index contributed by atoms with van der Waals surface area (Å²) in [4.78, 5) is 22.4. The predicted molar refractivity (Wildman–Crippen MR) is 85.0 cm³/mol. The van der Waals surface area contributed by atoms with Crippen LogP contribution in [0.2, 0.25) is 0 Å². The lowest BCUT2D eigenvalue weighted by molar-refractivity contribution is 0.0947. The van der Waals surface area contributed by atoms with Gasteiger partial charge in [0.25, 0.3) is 5.91 Å². The highest BCUT2D eigenvalue weighted by atomic mass is 16.5. The molecule has 0 bridgehead atoms. The molecular formula is C15H25N5O2. The smallest absolute Gasteiger partial charge is 0.271 e. The summed E-state index contributed by atoms with van der Waals surface area (Å²) in [6.45, 7) is 3.14. The van der Waals surface area contributed by atoms with Crippen LogP contribution in [-0.4, -0.2) is 67.2 Å². The van der Waals surface area contributed by atoms with E-state index >= 15 is 0 Å². The van der Waals surface area contributed by atoms with Gasteiger partial charge in [-0.15, -0.1) is 0 Å². The molecule has 2 heterocycles. The molecule has 7 heteroatoms. The Labute approximate surface area is 131 Å². The van der Waals surface area contributed by atoms with Crippen LogP contribution in [0.15, 0.2) is 12.4 Å². The van der Waals surface area contributed by atoms with Gasteiger partial charge in [0, 0.05) is 19.7 Å². The summed E-state index contributed by atoms with van der Waals surface area (Å²) in [6, 6.07) is 0. The molecule has 1 atom stereocenters. The lowest BCUT2D eigenvalue weighted by Crippen LogP contribution is -2.28. The SMILES string of the molecule is CN(C)CCCNC(=O)c1cnc(NCC2CCCO2)cn1. The van der Waals surface area contributed by atoms with Crippen molar-refractivity contribution in [2.75, 3.05) is 45.7 Å². The minimum absolute atomic E-state index is 0.183. The average molecular weight is 307 g/mol. The Morgan fingerprint density at radius 2 is 2.27 bits per heavy atom. The summed E-state index contributed by atoms with van der Waals surface area (Å²) in [5, 5.41) is 6.02. The van der Waals surface area contributed by atoms with Crippen LogP contribution in [0.5, 0.6) is 0 Å². The lowest BCUT2D eigenvalue weighted by Gasteiger charge is -2.11. The molecule has 122 valence electrons. The molecule has 0 aliphatic carbocycles. The minimum Gasteiger partial charge on any atom is -0.376 e. The van der Waals surface area contributed by atoms with E-state index in [1.807, 2.05) is 14.1 Å². The number of hydrogen-bond acceptors (Lipinski definition) is 6. The molecule has 0 radical (unpaired) electrons. The third-order valence-corrected chi connectivity index (χ3v) is 3.49. The highest BCUT2D eigenvalue weighted by Crippen LogP contribution is 2.12. The molecule has 2 N–H and O–H groups in total. The van der Waals surface area contributed by atoms with Gasteiger partial charge in [-0.2, -0.15) is 0 Å². The number of hydrogen-bond donors (Lipinski definition) is 2. The molecule has 1 unspecified atom stereocenters. The van der Waals surface area contributed by atoms with Gasteiger partial charge in [0.05, 0.1) is 18.5 Å². The Morgan fingerprint density at radius 3 is 2.91 bits per heavy atom. The summed E-state index contributed by atoms with van der Waals surface area (Å²) in [5.41, 5.74) is 0.340. The van der Waals surface area contributed by atoms with E-state index in [1.54, 1.807) is 6.20 Å². The maximum absolute atomic E-state index is 11.9. The van der Waals surface area contributed by atoms with Gasteiger partial charge in [-0.1, -0.05) is 0 Å². The molecule has 1 aliphatic heterocycles. The fourth-order valence-electron chi connectivity index (χ4n) is 2.25. The van der Waals surface area contributed by atoms with E-state index in [4.69, 9.17) is 4.74 Å². The van der Waals surface area contributed by atoms with Gasteiger partial charge in [-0.05, 0) is 39.9 Å². The second-order valence-electron chi connectivity index (χ2n) is 5.72. The number of amides is 1. The number of carbonyl (C=O) groups is 1. The van der Waals surface area contributed by atoms with Gasteiger partial charge in [-0.25, -0.2) is 9.97 Å². The van der Waals surface area contributed by atoms with Crippen LogP contribution in [0.1, 0.15) is 29.8 Å². The normalized spacial score (nSPS) is 17.7. The van der Waals surface area contributed by atoms with E-state index in [0.29, 0.717) is 18.1 Å². The predicted octanol–water partition coefficient (Wildman–Crippen LogP) is 0.749. The first-order valence-electron chi connectivity index (χ1n) is 7.75. The molecule has 1 amide bonds. The van der Waals surface area contributed by atoms with Gasteiger partial charge in [0.2, 0.25) is 0 Å². The maximum Gasteiger partial charge on any atom is 0.271 e. The Morgan fingerprint density at radius 1 is 1.41 bits per heavy atom. The molecule has 2 rings (SSSR count). The summed E-state index contributed by atoms with van der Waals surface area (Å²) in [7, 11) is 4.02. The monoisotopic (exact) mass is 307 g/mol. The fraction of sp³-hybridized carbons (Fsp3) is 0.667. The Hall–Kier alpha value is -1.73. The van der Waals surface area contributed by atoms with Crippen molar-refractivity contribution >= 4 is 11.7 Å². The number of aromatic nitrogens is 2. The summed E-state index contributed by atoms with van der Waals surface area (Å²) in [5.74, 6) is 0.483. The van der Waals surface area contributed by atoms with E-state index in [2.05, 4.69) is 25.5 Å². The zero-order valence-corrected chi connectivity index (χ0v) is 13.3. The molecular weight excluding hydrogens is 282 g/mol. The topological polar surface area (TPSA) is 79.4 Å². The fourth-order valence-corrected chi connectivity index (χ4v) is 2.25. The third-order valence-electron chi connectivity index (χ3n) is 3.49. The molecule has 0 saturated carbocycles. The van der Waals surface area contributed by atoms with Crippen LogP contribution in [0.4, 0.5) is 5.82 Å². The number of nitrogens with zero attached hydrogens (tertiary/aromatic N) is 3. The zero-order valence-electron chi connectivity index (χ0n) is 13.3. The van der Waals surface area contributed by atoms with E-state index in [1.165, 1.54) is 6.20 Å². The number of carbonyl (C=O) groups excluding carboxylic acids is 1. The minimum atomic E-state index is -0.183. The molecule has 0 aromatic carbocycles. The summed E-state index contributed by atoms with van der Waals surface area (Å²) >= 11 is 0. The van der Waals surface area contributed by atoms with Crippen molar-refractivity contribution in [1.29, 1.82) is 0 Å². The second-order valence-corrected chi connectivity index (χ2v) is 5.72. The van der Waals surface area contributed by atoms with Crippen molar-refractivity contribution in [3.05, 3.63) is 18.1 Å². The standard InChI is InChI=1S/C15H25N5O2/c1-20(2)7-4-6-16-15(21)13-10-19-14(11-17-13)18-9-12-5-3-8-22-12/h10-12H,3-9H2,1-2H3,(H,16,21)(H,18,19). The molecule has 1 aromatic rings. The Balaban J connectivity index is 1.71. The molecule has 1 fully saturated rings. The largest absolute Gasteiger partial charge is 0.376 e. The molecule has 0 spiro atoms. The zero-order chi connectivity index (χ0) is 15.8.